The van der Waals surface area contributed by atoms with Gasteiger partial charge < -0.3 is 15.7 Å². The number of nitrogens with one attached hydrogen (secondary N) is 2. The molecule has 0 amide bonds. The van der Waals surface area contributed by atoms with Crippen LogP contribution in [0, 0.1) is 0 Å². The first-order valence-corrected chi connectivity index (χ1v) is 7.52. The number of carboxylic acid groups (broad SMARTS) is 1. The number of carbonyl (C=O) groups is 1. The van der Waals surface area contributed by atoms with Crippen LogP contribution < -0.4 is 10.6 Å². The van der Waals surface area contributed by atoms with Gasteiger partial charge in [0.15, 0.2) is 0 Å². The second-order valence-electron chi connectivity index (χ2n) is 5.41. The average molecular weight is 276 g/mol. The maximum atomic E-state index is 11.1. The highest BCUT2D eigenvalue weighted by molar-refractivity contribution is 5.73. The average Bonchev–Trinajstić information content (AvgIpc) is 2.46. The Labute approximate surface area is 120 Å². The fourth-order valence-corrected chi connectivity index (χ4v) is 2.68. The normalized spacial score (nSPS) is 15.2. The maximum Gasteiger partial charge on any atom is 0.320 e. The Bertz CT molecular complexity index is 460. The number of benzene rings is 1. The van der Waals surface area contributed by atoms with E-state index in [9.17, 15) is 4.79 Å². The fourth-order valence-electron chi connectivity index (χ4n) is 2.68. The highest BCUT2D eigenvalue weighted by atomic mass is 16.4. The molecule has 110 valence electrons. The van der Waals surface area contributed by atoms with Crippen molar-refractivity contribution in [2.75, 3.05) is 18.4 Å². The number of rotatable bonds is 7. The molecule has 4 nitrogen and oxygen atoms in total. The van der Waals surface area contributed by atoms with Gasteiger partial charge in [-0.2, -0.15) is 0 Å². The van der Waals surface area contributed by atoms with Gasteiger partial charge in [-0.25, -0.2) is 0 Å². The van der Waals surface area contributed by atoms with Crippen LogP contribution in [0.3, 0.4) is 0 Å². The molecule has 4 heteroatoms. The highest BCUT2D eigenvalue weighted by Crippen LogP contribution is 2.22. The van der Waals surface area contributed by atoms with Crippen LogP contribution in [0.5, 0.6) is 0 Å². The van der Waals surface area contributed by atoms with Crippen LogP contribution in [0.25, 0.3) is 0 Å². The van der Waals surface area contributed by atoms with Crippen LogP contribution in [0.1, 0.15) is 37.3 Å². The van der Waals surface area contributed by atoms with E-state index in [-0.39, 0.29) is 0 Å². The predicted molar refractivity (Wildman–Crippen MR) is 81.3 cm³/mol. The summed E-state index contributed by atoms with van der Waals surface area (Å²) in [5, 5.41) is 15.6. The maximum absolute atomic E-state index is 11.1. The molecule has 2 rings (SSSR count). The monoisotopic (exact) mass is 276 g/mol. The van der Waals surface area contributed by atoms with Gasteiger partial charge in [-0.3, -0.25) is 4.79 Å². The summed E-state index contributed by atoms with van der Waals surface area (Å²) in [6, 6.07) is 6.11. The van der Waals surface area contributed by atoms with Gasteiger partial charge in [-0.1, -0.05) is 25.5 Å². The molecule has 0 saturated heterocycles. The van der Waals surface area contributed by atoms with Gasteiger partial charge in [0.25, 0.3) is 0 Å². The third-order valence-corrected chi connectivity index (χ3v) is 3.79. The van der Waals surface area contributed by atoms with Crippen molar-refractivity contribution in [2.24, 2.45) is 0 Å². The summed E-state index contributed by atoms with van der Waals surface area (Å²) in [6.45, 7) is 3.78. The Kier molecular flexibility index (Phi) is 5.41. The minimum absolute atomic E-state index is 0.417. The molecular formula is C16H24N2O2. The number of hydrogen-bond donors (Lipinski definition) is 3. The lowest BCUT2D eigenvalue weighted by Crippen LogP contribution is -2.37. The Balaban J connectivity index is 1.86. The summed E-state index contributed by atoms with van der Waals surface area (Å²) < 4.78 is 0. The van der Waals surface area contributed by atoms with E-state index in [1.54, 1.807) is 0 Å². The zero-order chi connectivity index (χ0) is 14.4. The van der Waals surface area contributed by atoms with E-state index in [0.29, 0.717) is 13.0 Å². The number of anilines is 1. The molecule has 1 aliphatic heterocycles. The summed E-state index contributed by atoms with van der Waals surface area (Å²) in [5.74, 6) is -0.749. The molecule has 0 bridgehead atoms. The fraction of sp³-hybridized carbons (Fsp3) is 0.562. The quantitative estimate of drug-likeness (QED) is 0.716. The number of carboxylic acids is 1. The van der Waals surface area contributed by atoms with Crippen LogP contribution >= 0.6 is 0 Å². The molecule has 0 aliphatic carbocycles. The Morgan fingerprint density at radius 2 is 2.35 bits per heavy atom. The van der Waals surface area contributed by atoms with E-state index in [1.165, 1.54) is 23.2 Å². The molecule has 3 N–H and O–H groups in total. The highest BCUT2D eigenvalue weighted by Gasteiger charge is 2.15. The van der Waals surface area contributed by atoms with Gasteiger partial charge >= 0.3 is 5.97 Å². The SMILES string of the molecule is CCCC(NCCc1ccc2c(c1)CCCN2)C(=O)O. The number of fused-ring (bicyclic) bond motifs is 1. The first-order valence-electron chi connectivity index (χ1n) is 7.52. The molecule has 1 aliphatic rings. The van der Waals surface area contributed by atoms with Crippen molar-refractivity contribution >= 4 is 11.7 Å². The molecule has 0 aromatic heterocycles. The zero-order valence-corrected chi connectivity index (χ0v) is 12.1. The van der Waals surface area contributed by atoms with E-state index < -0.39 is 12.0 Å². The lowest BCUT2D eigenvalue weighted by atomic mass is 9.99. The molecule has 1 unspecified atom stereocenters. The molecule has 1 aromatic rings. The van der Waals surface area contributed by atoms with Crippen molar-refractivity contribution in [1.82, 2.24) is 5.32 Å². The molecule has 20 heavy (non-hydrogen) atoms. The predicted octanol–water partition coefficient (Wildman–Crippen LogP) is 2.43. The van der Waals surface area contributed by atoms with Crippen LogP contribution in [0.4, 0.5) is 5.69 Å². The summed E-state index contributed by atoms with van der Waals surface area (Å²) in [7, 11) is 0. The molecule has 1 aromatic carbocycles. The van der Waals surface area contributed by atoms with Crippen molar-refractivity contribution < 1.29 is 9.90 Å². The summed E-state index contributed by atoms with van der Waals surface area (Å²) in [4.78, 5) is 11.1. The topological polar surface area (TPSA) is 61.4 Å². The van der Waals surface area contributed by atoms with Gasteiger partial charge in [-0.15, -0.1) is 0 Å². The Morgan fingerprint density at radius 1 is 1.50 bits per heavy atom. The summed E-state index contributed by atoms with van der Waals surface area (Å²) in [5.41, 5.74) is 3.92. The van der Waals surface area contributed by atoms with Gasteiger partial charge in [0.05, 0.1) is 0 Å². The van der Waals surface area contributed by atoms with Gasteiger partial charge in [0, 0.05) is 12.2 Å². The molecule has 0 radical (unpaired) electrons. The molecule has 1 heterocycles. The first kappa shape index (κ1) is 14.9. The second-order valence-corrected chi connectivity index (χ2v) is 5.41. The largest absolute Gasteiger partial charge is 0.480 e. The van der Waals surface area contributed by atoms with Crippen molar-refractivity contribution in [2.45, 2.75) is 45.1 Å². The lowest BCUT2D eigenvalue weighted by molar-refractivity contribution is -0.139. The summed E-state index contributed by atoms with van der Waals surface area (Å²) in [6.07, 6.45) is 4.77. The molecule has 1 atom stereocenters. The lowest BCUT2D eigenvalue weighted by Gasteiger charge is -2.19. The smallest absolute Gasteiger partial charge is 0.320 e. The van der Waals surface area contributed by atoms with Crippen molar-refractivity contribution in [1.29, 1.82) is 0 Å². The van der Waals surface area contributed by atoms with Crippen molar-refractivity contribution in [3.8, 4) is 0 Å². The van der Waals surface area contributed by atoms with Crippen molar-refractivity contribution in [3.05, 3.63) is 29.3 Å². The number of hydrogen-bond acceptors (Lipinski definition) is 3. The van der Waals surface area contributed by atoms with Gasteiger partial charge in [0.1, 0.15) is 6.04 Å². The molecule has 0 spiro atoms. The van der Waals surface area contributed by atoms with E-state index >= 15 is 0 Å². The third kappa shape index (κ3) is 3.97. The number of aryl methyl sites for hydroxylation is 1. The second kappa shape index (κ2) is 7.29. The van der Waals surface area contributed by atoms with Crippen LogP contribution in [-0.4, -0.2) is 30.2 Å². The molecular weight excluding hydrogens is 252 g/mol. The zero-order valence-electron chi connectivity index (χ0n) is 12.1. The standard InChI is InChI=1S/C16H24N2O2/c1-2-4-15(16(19)20)18-10-8-12-6-7-14-13(11-12)5-3-9-17-14/h6-7,11,15,17-18H,2-5,8-10H2,1H3,(H,19,20). The molecule has 0 saturated carbocycles. The van der Waals surface area contributed by atoms with Crippen LogP contribution in [0.2, 0.25) is 0 Å². The van der Waals surface area contributed by atoms with Crippen molar-refractivity contribution in [3.63, 3.8) is 0 Å². The third-order valence-electron chi connectivity index (χ3n) is 3.79. The van der Waals surface area contributed by atoms with E-state index in [0.717, 1.165) is 25.8 Å². The van der Waals surface area contributed by atoms with Crippen LogP contribution in [-0.2, 0) is 17.6 Å². The van der Waals surface area contributed by atoms with E-state index in [2.05, 4.69) is 28.8 Å². The minimum atomic E-state index is -0.749. The van der Waals surface area contributed by atoms with Gasteiger partial charge in [-0.05, 0) is 49.4 Å². The van der Waals surface area contributed by atoms with E-state index in [4.69, 9.17) is 5.11 Å². The van der Waals surface area contributed by atoms with Gasteiger partial charge in [0.2, 0.25) is 0 Å². The summed E-state index contributed by atoms with van der Waals surface area (Å²) >= 11 is 0. The Hall–Kier alpha value is -1.55. The molecule has 0 fully saturated rings. The van der Waals surface area contributed by atoms with Crippen LogP contribution in [0.15, 0.2) is 18.2 Å². The number of aliphatic carboxylic acids is 1. The minimum Gasteiger partial charge on any atom is -0.480 e. The Morgan fingerprint density at radius 3 is 3.10 bits per heavy atom. The first-order chi connectivity index (χ1) is 9.70. The van der Waals surface area contributed by atoms with E-state index in [1.807, 2.05) is 6.92 Å².